The number of hydrogen-bond acceptors (Lipinski definition) is 1. The van der Waals surface area contributed by atoms with Crippen molar-refractivity contribution in [2.75, 3.05) is 0 Å². The van der Waals surface area contributed by atoms with Crippen LogP contribution in [0.4, 0.5) is 8.78 Å². The van der Waals surface area contributed by atoms with Gasteiger partial charge in [0.05, 0.1) is 0 Å². The van der Waals surface area contributed by atoms with Crippen LogP contribution in [0.15, 0.2) is 18.2 Å². The molecule has 1 aromatic carbocycles. The quantitative estimate of drug-likeness (QED) is 0.722. The molecule has 1 aliphatic carbocycles. The van der Waals surface area contributed by atoms with E-state index in [9.17, 15) is 8.78 Å². The van der Waals surface area contributed by atoms with E-state index in [0.29, 0.717) is 6.42 Å². The molecular formula is C12H13ClF2O. The third-order valence-corrected chi connectivity index (χ3v) is 3.98. The second-order valence-electron chi connectivity index (χ2n) is 4.68. The average Bonchev–Trinajstić information content (AvgIpc) is 2.22. The van der Waals surface area contributed by atoms with Crippen LogP contribution in [0, 0.1) is 17.0 Å². The predicted octanol–water partition coefficient (Wildman–Crippen LogP) is 3.75. The highest BCUT2D eigenvalue weighted by Crippen LogP contribution is 2.46. The zero-order valence-electron chi connectivity index (χ0n) is 9.14. The van der Waals surface area contributed by atoms with Gasteiger partial charge in [-0.2, -0.15) is 0 Å². The minimum atomic E-state index is -0.672. The van der Waals surface area contributed by atoms with Crippen molar-refractivity contribution in [3.05, 3.63) is 29.8 Å². The Morgan fingerprint density at radius 1 is 1.31 bits per heavy atom. The third-order valence-electron chi connectivity index (χ3n) is 3.24. The number of hydrogen-bond donors (Lipinski definition) is 0. The summed E-state index contributed by atoms with van der Waals surface area (Å²) in [5.74, 6) is -1.65. The molecule has 0 amide bonds. The van der Waals surface area contributed by atoms with Gasteiger partial charge in [-0.05, 0) is 12.1 Å². The second-order valence-corrected chi connectivity index (χ2v) is 5.21. The summed E-state index contributed by atoms with van der Waals surface area (Å²) in [6.07, 6.45) is 0.379. The van der Waals surface area contributed by atoms with Crippen LogP contribution in [-0.2, 0) is 0 Å². The van der Waals surface area contributed by atoms with Crippen LogP contribution in [0.1, 0.15) is 20.3 Å². The molecule has 16 heavy (non-hydrogen) atoms. The second kappa shape index (κ2) is 3.88. The van der Waals surface area contributed by atoms with Crippen molar-refractivity contribution in [3.8, 4) is 5.75 Å². The number of benzene rings is 1. The lowest BCUT2D eigenvalue weighted by Crippen LogP contribution is -2.53. The van der Waals surface area contributed by atoms with Gasteiger partial charge in [0.1, 0.15) is 6.10 Å². The van der Waals surface area contributed by atoms with Crippen molar-refractivity contribution in [2.24, 2.45) is 5.41 Å². The number of ether oxygens (including phenoxy) is 1. The summed E-state index contributed by atoms with van der Waals surface area (Å²) in [5.41, 5.74) is -0.254. The molecule has 0 saturated heterocycles. The Kier molecular flexibility index (Phi) is 2.82. The molecular weight excluding hydrogens is 234 g/mol. The van der Waals surface area contributed by atoms with Crippen LogP contribution in [0.5, 0.6) is 5.75 Å². The van der Waals surface area contributed by atoms with Gasteiger partial charge < -0.3 is 4.74 Å². The minimum Gasteiger partial charge on any atom is -0.484 e. The molecule has 2 atom stereocenters. The highest BCUT2D eigenvalue weighted by molar-refractivity contribution is 6.21. The predicted molar refractivity (Wildman–Crippen MR) is 58.8 cm³/mol. The number of alkyl halides is 1. The molecule has 2 rings (SSSR count). The Morgan fingerprint density at radius 3 is 2.31 bits per heavy atom. The first kappa shape index (κ1) is 11.6. The summed E-state index contributed by atoms with van der Waals surface area (Å²) < 4.78 is 32.0. The minimum absolute atomic E-state index is 0.00710. The molecule has 1 nitrogen and oxygen atoms in total. The van der Waals surface area contributed by atoms with Gasteiger partial charge in [0.2, 0.25) is 0 Å². The van der Waals surface area contributed by atoms with Gasteiger partial charge in [0.15, 0.2) is 17.4 Å². The van der Waals surface area contributed by atoms with Gasteiger partial charge in [-0.3, -0.25) is 0 Å². The van der Waals surface area contributed by atoms with Gasteiger partial charge in [0.25, 0.3) is 0 Å². The lowest BCUT2D eigenvalue weighted by atomic mass is 9.68. The molecule has 1 fully saturated rings. The lowest BCUT2D eigenvalue weighted by molar-refractivity contribution is -0.0177. The van der Waals surface area contributed by atoms with Crippen LogP contribution >= 0.6 is 11.6 Å². The molecule has 1 aromatic rings. The van der Waals surface area contributed by atoms with Crippen LogP contribution < -0.4 is 4.74 Å². The standard InChI is InChI=1S/C12H13ClF2O/c1-12(2)9(13)6-10(12)16-11-7(14)4-3-5-8(11)15/h3-5,9-10H,6H2,1-2H3. The largest absolute Gasteiger partial charge is 0.484 e. The summed E-state index contributed by atoms with van der Waals surface area (Å²) >= 11 is 6.01. The van der Waals surface area contributed by atoms with E-state index in [-0.39, 0.29) is 22.6 Å². The molecule has 0 N–H and O–H groups in total. The van der Waals surface area contributed by atoms with E-state index in [1.54, 1.807) is 0 Å². The van der Waals surface area contributed by atoms with Crippen molar-refractivity contribution in [3.63, 3.8) is 0 Å². The van der Waals surface area contributed by atoms with E-state index in [1.807, 2.05) is 13.8 Å². The Labute approximate surface area is 98.4 Å². The van der Waals surface area contributed by atoms with Gasteiger partial charge in [-0.1, -0.05) is 19.9 Å². The van der Waals surface area contributed by atoms with E-state index in [0.717, 1.165) is 0 Å². The highest BCUT2D eigenvalue weighted by Gasteiger charge is 2.49. The zero-order chi connectivity index (χ0) is 11.9. The monoisotopic (exact) mass is 246 g/mol. The Morgan fingerprint density at radius 2 is 1.88 bits per heavy atom. The molecule has 0 aliphatic heterocycles. The van der Waals surface area contributed by atoms with Gasteiger partial charge in [-0.25, -0.2) is 8.78 Å². The molecule has 88 valence electrons. The smallest absolute Gasteiger partial charge is 0.191 e. The Bertz CT molecular complexity index is 386. The lowest BCUT2D eigenvalue weighted by Gasteiger charge is -2.48. The molecule has 0 bridgehead atoms. The first-order chi connectivity index (χ1) is 7.43. The SMILES string of the molecule is CC1(C)C(Cl)CC1Oc1c(F)cccc1F. The van der Waals surface area contributed by atoms with E-state index in [2.05, 4.69) is 0 Å². The molecule has 4 heteroatoms. The maximum Gasteiger partial charge on any atom is 0.191 e. The molecule has 0 radical (unpaired) electrons. The number of halogens is 3. The number of para-hydroxylation sites is 1. The highest BCUT2D eigenvalue weighted by atomic mass is 35.5. The van der Waals surface area contributed by atoms with Gasteiger partial charge in [-0.15, -0.1) is 11.6 Å². The Balaban J connectivity index is 2.17. The van der Waals surface area contributed by atoms with E-state index in [1.165, 1.54) is 18.2 Å². The fourth-order valence-electron chi connectivity index (χ4n) is 1.77. The Hall–Kier alpha value is -0.830. The van der Waals surface area contributed by atoms with Crippen molar-refractivity contribution in [1.82, 2.24) is 0 Å². The van der Waals surface area contributed by atoms with Crippen molar-refractivity contribution < 1.29 is 13.5 Å². The molecule has 1 aliphatic rings. The average molecular weight is 247 g/mol. The normalized spacial score (nSPS) is 27.3. The van der Waals surface area contributed by atoms with Crippen molar-refractivity contribution in [2.45, 2.75) is 31.7 Å². The first-order valence-corrected chi connectivity index (χ1v) is 5.61. The summed E-state index contributed by atoms with van der Waals surface area (Å²) in [4.78, 5) is 0. The summed E-state index contributed by atoms with van der Waals surface area (Å²) in [5, 5.41) is -0.00710. The van der Waals surface area contributed by atoms with Gasteiger partial charge >= 0.3 is 0 Å². The molecule has 1 saturated carbocycles. The summed E-state index contributed by atoms with van der Waals surface area (Å²) in [6.45, 7) is 3.86. The van der Waals surface area contributed by atoms with Crippen LogP contribution in [0.2, 0.25) is 0 Å². The third kappa shape index (κ3) is 1.77. The van der Waals surface area contributed by atoms with Crippen LogP contribution in [0.3, 0.4) is 0 Å². The number of rotatable bonds is 2. The van der Waals surface area contributed by atoms with Crippen LogP contribution in [-0.4, -0.2) is 11.5 Å². The van der Waals surface area contributed by atoms with E-state index in [4.69, 9.17) is 16.3 Å². The summed E-state index contributed by atoms with van der Waals surface area (Å²) in [7, 11) is 0. The van der Waals surface area contributed by atoms with E-state index < -0.39 is 11.6 Å². The van der Waals surface area contributed by atoms with Crippen molar-refractivity contribution in [1.29, 1.82) is 0 Å². The maximum absolute atomic E-state index is 13.3. The maximum atomic E-state index is 13.3. The molecule has 0 heterocycles. The first-order valence-electron chi connectivity index (χ1n) is 5.17. The molecule has 2 unspecified atom stereocenters. The fraction of sp³-hybridized carbons (Fsp3) is 0.500. The molecule has 0 spiro atoms. The molecule has 0 aromatic heterocycles. The fourth-order valence-corrected chi connectivity index (χ4v) is 2.08. The van der Waals surface area contributed by atoms with Crippen molar-refractivity contribution >= 4 is 11.6 Å². The van der Waals surface area contributed by atoms with E-state index >= 15 is 0 Å². The van der Waals surface area contributed by atoms with Crippen LogP contribution in [0.25, 0.3) is 0 Å². The topological polar surface area (TPSA) is 9.23 Å². The summed E-state index contributed by atoms with van der Waals surface area (Å²) in [6, 6.07) is 3.68. The zero-order valence-corrected chi connectivity index (χ0v) is 9.89. The van der Waals surface area contributed by atoms with Gasteiger partial charge in [0, 0.05) is 17.2 Å².